The van der Waals surface area contributed by atoms with Crippen molar-refractivity contribution in [2.24, 2.45) is 0 Å². The van der Waals surface area contributed by atoms with Gasteiger partial charge in [0.05, 0.1) is 0 Å². The monoisotopic (exact) mass is 241 g/mol. The van der Waals surface area contributed by atoms with E-state index in [1.807, 2.05) is 42.5 Å². The highest BCUT2D eigenvalue weighted by atomic mass is 14.6. The van der Waals surface area contributed by atoms with Crippen molar-refractivity contribution in [2.45, 2.75) is 19.3 Å². The normalized spacial score (nSPS) is 11.4. The first-order valence-electron chi connectivity index (χ1n) is 5.93. The quantitative estimate of drug-likeness (QED) is 0.707. The lowest BCUT2D eigenvalue weighted by molar-refractivity contribution is 0.646. The minimum Gasteiger partial charge on any atom is -0.399 e. The lowest BCUT2D eigenvalue weighted by Crippen LogP contribution is -2.22. The standard InChI is InChI=1S/C15H19N3/c1-15(2,10-5-3-6-11(16)9-10)14-12(17)7-4-8-13(14)18/h3-9H,16-18H2,1-2H3. The number of hydrogen-bond donors (Lipinski definition) is 3. The number of anilines is 3. The molecule has 2 rings (SSSR count). The molecule has 94 valence electrons. The van der Waals surface area contributed by atoms with E-state index >= 15 is 0 Å². The molecule has 3 heteroatoms. The van der Waals surface area contributed by atoms with Crippen LogP contribution >= 0.6 is 0 Å². The Labute approximate surface area is 108 Å². The molecule has 2 aromatic carbocycles. The van der Waals surface area contributed by atoms with Crippen molar-refractivity contribution in [2.75, 3.05) is 17.2 Å². The van der Waals surface area contributed by atoms with Crippen LogP contribution in [0.3, 0.4) is 0 Å². The molecular formula is C15H19N3. The van der Waals surface area contributed by atoms with E-state index in [1.165, 1.54) is 0 Å². The zero-order valence-electron chi connectivity index (χ0n) is 10.8. The van der Waals surface area contributed by atoms with Crippen molar-refractivity contribution in [3.8, 4) is 0 Å². The average molecular weight is 241 g/mol. The molecule has 0 saturated heterocycles. The zero-order valence-corrected chi connectivity index (χ0v) is 10.8. The SMILES string of the molecule is CC(C)(c1cccc(N)c1)c1c(N)cccc1N. The molecule has 0 amide bonds. The molecular weight excluding hydrogens is 222 g/mol. The third kappa shape index (κ3) is 1.99. The van der Waals surface area contributed by atoms with Gasteiger partial charge in [0, 0.05) is 28.0 Å². The van der Waals surface area contributed by atoms with Gasteiger partial charge in [0.1, 0.15) is 0 Å². The molecule has 3 nitrogen and oxygen atoms in total. The molecule has 0 heterocycles. The maximum absolute atomic E-state index is 6.07. The first-order chi connectivity index (χ1) is 8.43. The highest BCUT2D eigenvalue weighted by Crippen LogP contribution is 2.38. The predicted molar refractivity (Wildman–Crippen MR) is 78.2 cm³/mol. The summed E-state index contributed by atoms with van der Waals surface area (Å²) in [4.78, 5) is 0. The fourth-order valence-electron chi connectivity index (χ4n) is 2.38. The second-order valence-corrected chi connectivity index (χ2v) is 5.06. The summed E-state index contributed by atoms with van der Waals surface area (Å²) >= 11 is 0. The molecule has 0 aliphatic rings. The van der Waals surface area contributed by atoms with E-state index in [-0.39, 0.29) is 5.41 Å². The van der Waals surface area contributed by atoms with Crippen LogP contribution in [-0.4, -0.2) is 0 Å². The Morgan fingerprint density at radius 2 is 1.39 bits per heavy atom. The number of benzene rings is 2. The lowest BCUT2D eigenvalue weighted by atomic mass is 9.76. The summed E-state index contributed by atoms with van der Waals surface area (Å²) < 4.78 is 0. The minimum absolute atomic E-state index is 0.273. The van der Waals surface area contributed by atoms with E-state index in [4.69, 9.17) is 17.2 Å². The lowest BCUT2D eigenvalue weighted by Gasteiger charge is -2.29. The summed E-state index contributed by atoms with van der Waals surface area (Å²) in [7, 11) is 0. The van der Waals surface area contributed by atoms with Crippen LogP contribution in [0.4, 0.5) is 17.1 Å². The number of nitrogen functional groups attached to an aromatic ring is 3. The molecule has 0 aromatic heterocycles. The molecule has 0 fully saturated rings. The Morgan fingerprint density at radius 1 is 0.833 bits per heavy atom. The molecule has 2 aromatic rings. The summed E-state index contributed by atoms with van der Waals surface area (Å²) in [6.07, 6.45) is 0. The van der Waals surface area contributed by atoms with Crippen molar-refractivity contribution < 1.29 is 0 Å². The van der Waals surface area contributed by atoms with Gasteiger partial charge in [-0.15, -0.1) is 0 Å². The Bertz CT molecular complexity index is 553. The molecule has 18 heavy (non-hydrogen) atoms. The van der Waals surface area contributed by atoms with Gasteiger partial charge in [-0.1, -0.05) is 32.0 Å². The Morgan fingerprint density at radius 3 is 1.94 bits per heavy atom. The van der Waals surface area contributed by atoms with E-state index in [0.717, 1.165) is 16.8 Å². The van der Waals surface area contributed by atoms with E-state index in [2.05, 4.69) is 13.8 Å². The van der Waals surface area contributed by atoms with Gasteiger partial charge in [0.15, 0.2) is 0 Å². The van der Waals surface area contributed by atoms with E-state index in [0.29, 0.717) is 11.4 Å². The van der Waals surface area contributed by atoms with Crippen molar-refractivity contribution in [3.05, 3.63) is 53.6 Å². The van der Waals surface area contributed by atoms with Gasteiger partial charge in [-0.2, -0.15) is 0 Å². The number of hydrogen-bond acceptors (Lipinski definition) is 3. The van der Waals surface area contributed by atoms with Gasteiger partial charge in [0.2, 0.25) is 0 Å². The van der Waals surface area contributed by atoms with E-state index < -0.39 is 0 Å². The highest BCUT2D eigenvalue weighted by molar-refractivity contribution is 5.67. The van der Waals surface area contributed by atoms with Crippen LogP contribution in [0.25, 0.3) is 0 Å². The molecule has 0 unspecified atom stereocenters. The third-order valence-corrected chi connectivity index (χ3v) is 3.36. The van der Waals surface area contributed by atoms with Crippen LogP contribution in [0.15, 0.2) is 42.5 Å². The first kappa shape index (κ1) is 12.3. The summed E-state index contributed by atoms with van der Waals surface area (Å²) in [5.74, 6) is 0. The average Bonchev–Trinajstić information content (AvgIpc) is 2.28. The summed E-state index contributed by atoms with van der Waals surface area (Å²) in [6, 6.07) is 13.4. The van der Waals surface area contributed by atoms with Crippen LogP contribution < -0.4 is 17.2 Å². The summed E-state index contributed by atoms with van der Waals surface area (Å²) in [6.45, 7) is 4.20. The molecule has 0 radical (unpaired) electrons. The van der Waals surface area contributed by atoms with Gasteiger partial charge in [0.25, 0.3) is 0 Å². The van der Waals surface area contributed by atoms with Crippen LogP contribution in [0.2, 0.25) is 0 Å². The van der Waals surface area contributed by atoms with Crippen LogP contribution in [0, 0.1) is 0 Å². The predicted octanol–water partition coefficient (Wildman–Crippen LogP) is 2.76. The molecule has 0 aliphatic carbocycles. The Hall–Kier alpha value is -2.16. The van der Waals surface area contributed by atoms with E-state index in [9.17, 15) is 0 Å². The second kappa shape index (κ2) is 4.26. The largest absolute Gasteiger partial charge is 0.399 e. The first-order valence-corrected chi connectivity index (χ1v) is 5.93. The van der Waals surface area contributed by atoms with Crippen molar-refractivity contribution in [1.29, 1.82) is 0 Å². The summed E-state index contributed by atoms with van der Waals surface area (Å²) in [5, 5.41) is 0. The van der Waals surface area contributed by atoms with Gasteiger partial charge in [-0.05, 0) is 29.8 Å². The number of nitrogens with two attached hydrogens (primary N) is 3. The molecule has 0 bridgehead atoms. The fraction of sp³-hybridized carbons (Fsp3) is 0.200. The Kier molecular flexibility index (Phi) is 2.91. The van der Waals surface area contributed by atoms with Gasteiger partial charge >= 0.3 is 0 Å². The smallest absolute Gasteiger partial charge is 0.0376 e. The third-order valence-electron chi connectivity index (χ3n) is 3.36. The molecule has 0 spiro atoms. The van der Waals surface area contributed by atoms with Gasteiger partial charge < -0.3 is 17.2 Å². The maximum Gasteiger partial charge on any atom is 0.0376 e. The second-order valence-electron chi connectivity index (χ2n) is 5.06. The van der Waals surface area contributed by atoms with Gasteiger partial charge in [-0.3, -0.25) is 0 Å². The van der Waals surface area contributed by atoms with Crippen LogP contribution in [0.1, 0.15) is 25.0 Å². The molecule has 0 saturated carbocycles. The maximum atomic E-state index is 6.07. The highest BCUT2D eigenvalue weighted by Gasteiger charge is 2.27. The van der Waals surface area contributed by atoms with Crippen LogP contribution in [0.5, 0.6) is 0 Å². The topological polar surface area (TPSA) is 78.1 Å². The Balaban J connectivity index is 2.61. The van der Waals surface area contributed by atoms with Crippen molar-refractivity contribution in [1.82, 2.24) is 0 Å². The molecule has 6 N–H and O–H groups in total. The summed E-state index contributed by atoms with van der Waals surface area (Å²) in [5.41, 5.74) is 21.9. The van der Waals surface area contributed by atoms with Crippen LogP contribution in [-0.2, 0) is 5.41 Å². The van der Waals surface area contributed by atoms with Crippen molar-refractivity contribution >= 4 is 17.1 Å². The zero-order chi connectivity index (χ0) is 13.3. The number of rotatable bonds is 2. The van der Waals surface area contributed by atoms with Crippen molar-refractivity contribution in [3.63, 3.8) is 0 Å². The van der Waals surface area contributed by atoms with E-state index in [1.54, 1.807) is 0 Å². The fourth-order valence-corrected chi connectivity index (χ4v) is 2.38. The van der Waals surface area contributed by atoms with Gasteiger partial charge in [-0.25, -0.2) is 0 Å². The molecule has 0 aliphatic heterocycles. The minimum atomic E-state index is -0.273. The molecule has 0 atom stereocenters.